The molecule has 3 rings (SSSR count). The van der Waals surface area contributed by atoms with Crippen LogP contribution in [-0.4, -0.2) is 4.57 Å². The van der Waals surface area contributed by atoms with Crippen molar-refractivity contribution in [2.24, 2.45) is 23.0 Å². The van der Waals surface area contributed by atoms with Crippen molar-refractivity contribution < 1.29 is 0 Å². The van der Waals surface area contributed by atoms with Gasteiger partial charge in [-0.3, -0.25) is 0 Å². The van der Waals surface area contributed by atoms with Gasteiger partial charge < -0.3 is 10.3 Å². The average molecular weight is 274 g/mol. The first-order valence-electron chi connectivity index (χ1n) is 8.38. The lowest BCUT2D eigenvalue weighted by atomic mass is 9.74. The molecule has 2 aliphatic rings. The van der Waals surface area contributed by atoms with Gasteiger partial charge in [-0.1, -0.05) is 34.1 Å². The van der Waals surface area contributed by atoms with Gasteiger partial charge in [0, 0.05) is 24.0 Å². The highest BCUT2D eigenvalue weighted by molar-refractivity contribution is 5.31. The fourth-order valence-corrected chi connectivity index (χ4v) is 4.76. The van der Waals surface area contributed by atoms with Crippen molar-refractivity contribution in [2.75, 3.05) is 0 Å². The van der Waals surface area contributed by atoms with Crippen LogP contribution >= 0.6 is 0 Å². The first-order chi connectivity index (χ1) is 9.43. The number of rotatable bonds is 2. The molecule has 4 unspecified atom stereocenters. The summed E-state index contributed by atoms with van der Waals surface area (Å²) in [5.74, 6) is 1.71. The lowest BCUT2D eigenvalue weighted by Crippen LogP contribution is -2.31. The predicted molar refractivity (Wildman–Crippen MR) is 84.7 cm³/mol. The Kier molecular flexibility index (Phi) is 3.48. The molecule has 0 bridgehead atoms. The standard InChI is InChI=1S/C18H30N2/c1-5-13-6-7-16(12(13)2)20-9-8-14-15(19)10-18(3,4)11-17(14)20/h8-9,12-13,15-16H,5-7,10-11,19H2,1-4H3. The molecule has 1 saturated carbocycles. The van der Waals surface area contributed by atoms with E-state index in [1.807, 2.05) is 0 Å². The number of nitrogens with zero attached hydrogens (tertiary/aromatic N) is 1. The summed E-state index contributed by atoms with van der Waals surface area (Å²) < 4.78 is 2.59. The topological polar surface area (TPSA) is 30.9 Å². The van der Waals surface area contributed by atoms with Crippen molar-refractivity contribution in [1.29, 1.82) is 0 Å². The van der Waals surface area contributed by atoms with Gasteiger partial charge in [0.1, 0.15) is 0 Å². The molecule has 20 heavy (non-hydrogen) atoms. The summed E-state index contributed by atoms with van der Waals surface area (Å²) in [5.41, 5.74) is 9.69. The van der Waals surface area contributed by atoms with Crippen molar-refractivity contribution in [3.05, 3.63) is 23.5 Å². The van der Waals surface area contributed by atoms with E-state index in [9.17, 15) is 0 Å². The van der Waals surface area contributed by atoms with E-state index in [-0.39, 0.29) is 6.04 Å². The van der Waals surface area contributed by atoms with Gasteiger partial charge >= 0.3 is 0 Å². The van der Waals surface area contributed by atoms with Crippen molar-refractivity contribution in [1.82, 2.24) is 4.57 Å². The molecule has 1 fully saturated rings. The summed E-state index contributed by atoms with van der Waals surface area (Å²) in [5, 5.41) is 0. The van der Waals surface area contributed by atoms with Crippen LogP contribution in [0.3, 0.4) is 0 Å². The van der Waals surface area contributed by atoms with Crippen LogP contribution in [0.2, 0.25) is 0 Å². The second-order valence-corrected chi connectivity index (χ2v) is 7.95. The van der Waals surface area contributed by atoms with Crippen LogP contribution in [0.25, 0.3) is 0 Å². The van der Waals surface area contributed by atoms with Gasteiger partial charge in [-0.15, -0.1) is 0 Å². The maximum Gasteiger partial charge on any atom is 0.0361 e. The maximum absolute atomic E-state index is 6.41. The first kappa shape index (κ1) is 14.2. The molecular formula is C18H30N2. The Morgan fingerprint density at radius 1 is 1.35 bits per heavy atom. The van der Waals surface area contributed by atoms with E-state index >= 15 is 0 Å². The van der Waals surface area contributed by atoms with E-state index in [0.717, 1.165) is 18.3 Å². The number of nitrogens with two attached hydrogens (primary N) is 1. The highest BCUT2D eigenvalue weighted by Gasteiger charge is 2.37. The van der Waals surface area contributed by atoms with Crippen molar-refractivity contribution in [2.45, 2.75) is 71.9 Å². The number of aromatic nitrogens is 1. The molecule has 0 saturated heterocycles. The third-order valence-corrected chi connectivity index (χ3v) is 5.94. The van der Waals surface area contributed by atoms with Crippen LogP contribution in [0.4, 0.5) is 0 Å². The van der Waals surface area contributed by atoms with Crippen LogP contribution < -0.4 is 5.73 Å². The second-order valence-electron chi connectivity index (χ2n) is 7.95. The Bertz CT molecular complexity index is 486. The van der Waals surface area contributed by atoms with Crippen molar-refractivity contribution in [3.8, 4) is 0 Å². The quantitative estimate of drug-likeness (QED) is 0.848. The van der Waals surface area contributed by atoms with Crippen LogP contribution in [0.1, 0.15) is 76.7 Å². The summed E-state index contributed by atoms with van der Waals surface area (Å²) in [6.07, 6.45) is 8.68. The minimum atomic E-state index is 0.230. The van der Waals surface area contributed by atoms with Crippen molar-refractivity contribution >= 4 is 0 Å². The summed E-state index contributed by atoms with van der Waals surface area (Å²) in [6, 6.07) is 3.22. The zero-order valence-electron chi connectivity index (χ0n) is 13.5. The lowest BCUT2D eigenvalue weighted by Gasteiger charge is -2.36. The summed E-state index contributed by atoms with van der Waals surface area (Å²) >= 11 is 0. The molecule has 0 radical (unpaired) electrons. The van der Waals surface area contributed by atoms with Crippen molar-refractivity contribution in [3.63, 3.8) is 0 Å². The van der Waals surface area contributed by atoms with Gasteiger partial charge in [-0.05, 0) is 54.6 Å². The molecular weight excluding hydrogens is 244 g/mol. The lowest BCUT2D eigenvalue weighted by molar-refractivity contribution is 0.261. The molecule has 4 atom stereocenters. The number of hydrogen-bond acceptors (Lipinski definition) is 1. The van der Waals surface area contributed by atoms with Gasteiger partial charge in [0.05, 0.1) is 0 Å². The summed E-state index contributed by atoms with van der Waals surface area (Å²) in [7, 11) is 0. The SMILES string of the molecule is CCC1CCC(n2ccc3c2CC(C)(C)CC3N)C1C. The first-order valence-corrected chi connectivity index (χ1v) is 8.38. The highest BCUT2D eigenvalue weighted by Crippen LogP contribution is 2.46. The third-order valence-electron chi connectivity index (χ3n) is 5.94. The molecule has 2 aliphatic carbocycles. The molecule has 0 aliphatic heterocycles. The minimum absolute atomic E-state index is 0.230. The van der Waals surface area contributed by atoms with Crippen LogP contribution in [0.5, 0.6) is 0 Å². The third kappa shape index (κ3) is 2.22. The molecule has 2 heteroatoms. The fourth-order valence-electron chi connectivity index (χ4n) is 4.76. The largest absolute Gasteiger partial charge is 0.348 e. The maximum atomic E-state index is 6.41. The van der Waals surface area contributed by atoms with E-state index in [0.29, 0.717) is 11.5 Å². The molecule has 0 amide bonds. The zero-order chi connectivity index (χ0) is 14.5. The van der Waals surface area contributed by atoms with E-state index in [1.165, 1.54) is 36.9 Å². The van der Waals surface area contributed by atoms with E-state index in [2.05, 4.69) is 44.5 Å². The van der Waals surface area contributed by atoms with E-state index < -0.39 is 0 Å². The Hall–Kier alpha value is -0.760. The normalized spacial score (nSPS) is 36.0. The number of fused-ring (bicyclic) bond motifs is 1. The van der Waals surface area contributed by atoms with E-state index in [4.69, 9.17) is 5.73 Å². The monoisotopic (exact) mass is 274 g/mol. The van der Waals surface area contributed by atoms with Gasteiger partial charge in [-0.2, -0.15) is 0 Å². The van der Waals surface area contributed by atoms with Gasteiger partial charge in [0.25, 0.3) is 0 Å². The molecule has 0 aromatic carbocycles. The Morgan fingerprint density at radius 2 is 2.10 bits per heavy atom. The molecule has 0 spiro atoms. The molecule has 1 heterocycles. The van der Waals surface area contributed by atoms with Crippen LogP contribution in [0, 0.1) is 17.3 Å². The molecule has 1 aromatic rings. The smallest absolute Gasteiger partial charge is 0.0361 e. The molecule has 2 nitrogen and oxygen atoms in total. The van der Waals surface area contributed by atoms with Gasteiger partial charge in [0.15, 0.2) is 0 Å². The molecule has 1 aromatic heterocycles. The number of hydrogen-bond donors (Lipinski definition) is 1. The summed E-state index contributed by atoms with van der Waals surface area (Å²) in [4.78, 5) is 0. The Morgan fingerprint density at radius 3 is 2.75 bits per heavy atom. The Labute approximate surface area is 123 Å². The minimum Gasteiger partial charge on any atom is -0.348 e. The zero-order valence-corrected chi connectivity index (χ0v) is 13.5. The fraction of sp³-hybridized carbons (Fsp3) is 0.778. The van der Waals surface area contributed by atoms with Gasteiger partial charge in [0.2, 0.25) is 0 Å². The van der Waals surface area contributed by atoms with E-state index in [1.54, 1.807) is 0 Å². The van der Waals surface area contributed by atoms with Gasteiger partial charge in [-0.25, -0.2) is 0 Å². The van der Waals surface area contributed by atoms with Crippen LogP contribution in [-0.2, 0) is 6.42 Å². The average Bonchev–Trinajstić information content (AvgIpc) is 2.91. The second kappa shape index (κ2) is 4.91. The molecule has 2 N–H and O–H groups in total. The Balaban J connectivity index is 1.93. The highest BCUT2D eigenvalue weighted by atomic mass is 15.0. The molecule has 112 valence electrons. The predicted octanol–water partition coefficient (Wildman–Crippen LogP) is 4.46. The van der Waals surface area contributed by atoms with Crippen LogP contribution in [0.15, 0.2) is 12.3 Å². The summed E-state index contributed by atoms with van der Waals surface area (Å²) in [6.45, 7) is 9.51.